The van der Waals surface area contributed by atoms with E-state index in [1.165, 1.54) is 13.2 Å². The van der Waals surface area contributed by atoms with Crippen LogP contribution in [0.1, 0.15) is 30.1 Å². The zero-order valence-corrected chi connectivity index (χ0v) is 9.66. The molecule has 0 fully saturated rings. The summed E-state index contributed by atoms with van der Waals surface area (Å²) in [6.07, 6.45) is 0.718. The van der Waals surface area contributed by atoms with Gasteiger partial charge in [0.1, 0.15) is 17.1 Å². The van der Waals surface area contributed by atoms with Gasteiger partial charge in [0, 0.05) is 6.42 Å². The fourth-order valence-corrected chi connectivity index (χ4v) is 1.25. The summed E-state index contributed by atoms with van der Waals surface area (Å²) >= 11 is 0. The number of halogens is 1. The first-order valence-electron chi connectivity index (χ1n) is 5.17. The van der Waals surface area contributed by atoms with Gasteiger partial charge in [0.2, 0.25) is 0 Å². The van der Waals surface area contributed by atoms with Crippen molar-refractivity contribution in [2.75, 3.05) is 7.11 Å². The largest absolute Gasteiger partial charge is 0.496 e. The van der Waals surface area contributed by atoms with Crippen LogP contribution in [-0.2, 0) is 9.53 Å². The zero-order chi connectivity index (χ0) is 12.8. The van der Waals surface area contributed by atoms with E-state index >= 15 is 0 Å². The second-order valence-electron chi connectivity index (χ2n) is 3.36. The maximum Gasteiger partial charge on any atom is 0.349 e. The first kappa shape index (κ1) is 13.2. The molecule has 0 N–H and O–H groups in total. The van der Waals surface area contributed by atoms with Crippen molar-refractivity contribution in [2.45, 2.75) is 19.8 Å². The van der Waals surface area contributed by atoms with Crippen LogP contribution in [0.25, 0.3) is 0 Å². The van der Waals surface area contributed by atoms with E-state index < -0.39 is 17.8 Å². The molecule has 0 spiro atoms. The minimum atomic E-state index is -0.903. The summed E-state index contributed by atoms with van der Waals surface area (Å²) in [7, 11) is 1.35. The van der Waals surface area contributed by atoms with Gasteiger partial charge in [-0.05, 0) is 24.6 Å². The summed E-state index contributed by atoms with van der Waals surface area (Å²) in [5.74, 6) is -1.97. The Balaban J connectivity index is 2.87. The van der Waals surface area contributed by atoms with Crippen molar-refractivity contribution in [3.05, 3.63) is 29.6 Å². The third kappa shape index (κ3) is 3.55. The lowest BCUT2D eigenvalue weighted by molar-refractivity contribution is -0.138. The highest BCUT2D eigenvalue weighted by molar-refractivity contribution is 5.98. The number of hydrogen-bond donors (Lipinski definition) is 0. The molecule has 0 aliphatic carbocycles. The molecule has 0 aromatic heterocycles. The first-order valence-corrected chi connectivity index (χ1v) is 5.17. The van der Waals surface area contributed by atoms with Crippen LogP contribution in [0, 0.1) is 5.82 Å². The van der Waals surface area contributed by atoms with Crippen LogP contribution in [0.5, 0.6) is 5.75 Å². The number of carbonyl (C=O) groups excluding carboxylic acids is 2. The molecule has 0 radical (unpaired) electrons. The van der Waals surface area contributed by atoms with Gasteiger partial charge in [-0.15, -0.1) is 0 Å². The van der Waals surface area contributed by atoms with Gasteiger partial charge in [0.15, 0.2) is 0 Å². The first-order chi connectivity index (χ1) is 8.08. The Morgan fingerprint density at radius 3 is 2.65 bits per heavy atom. The van der Waals surface area contributed by atoms with Crippen LogP contribution >= 0.6 is 0 Å². The van der Waals surface area contributed by atoms with Crippen molar-refractivity contribution in [1.29, 1.82) is 0 Å². The fourth-order valence-electron chi connectivity index (χ4n) is 1.25. The Hall–Kier alpha value is -1.91. The lowest BCUT2D eigenvalue weighted by Gasteiger charge is -2.07. The summed E-state index contributed by atoms with van der Waals surface area (Å²) in [4.78, 5) is 22.7. The Labute approximate surface area is 98.3 Å². The van der Waals surface area contributed by atoms with Gasteiger partial charge in [-0.3, -0.25) is 4.79 Å². The maximum absolute atomic E-state index is 13.0. The monoisotopic (exact) mass is 240 g/mol. The number of ether oxygens (including phenoxy) is 2. The standard InChI is InChI=1S/C12H13FO4/c1-3-4-11(14)17-12(15)9-7-8(13)5-6-10(9)16-2/h5-7H,3-4H2,1-2H3. The highest BCUT2D eigenvalue weighted by atomic mass is 19.1. The van der Waals surface area contributed by atoms with Crippen LogP contribution < -0.4 is 4.74 Å². The molecule has 1 rings (SSSR count). The van der Waals surface area contributed by atoms with Crippen LogP contribution in [0.4, 0.5) is 4.39 Å². The SMILES string of the molecule is CCCC(=O)OC(=O)c1cc(F)ccc1OC. The number of methoxy groups -OCH3 is 1. The average molecular weight is 240 g/mol. The predicted octanol–water partition coefficient (Wildman–Crippen LogP) is 2.32. The minimum Gasteiger partial charge on any atom is -0.496 e. The van der Waals surface area contributed by atoms with Crippen LogP contribution in [0.3, 0.4) is 0 Å². The number of carbonyl (C=O) groups is 2. The second-order valence-corrected chi connectivity index (χ2v) is 3.36. The summed E-state index contributed by atoms with van der Waals surface area (Å²) in [5, 5.41) is 0. The molecule has 1 aromatic carbocycles. The van der Waals surface area contributed by atoms with Gasteiger partial charge < -0.3 is 9.47 Å². The van der Waals surface area contributed by atoms with Crippen molar-refractivity contribution < 1.29 is 23.5 Å². The Morgan fingerprint density at radius 1 is 1.35 bits per heavy atom. The number of esters is 2. The van der Waals surface area contributed by atoms with E-state index in [1.807, 2.05) is 0 Å². The molecule has 0 bridgehead atoms. The molecule has 17 heavy (non-hydrogen) atoms. The van der Waals surface area contributed by atoms with Crippen LogP contribution in [-0.4, -0.2) is 19.0 Å². The molecule has 5 heteroatoms. The van der Waals surface area contributed by atoms with Crippen LogP contribution in [0.15, 0.2) is 18.2 Å². The number of hydrogen-bond acceptors (Lipinski definition) is 4. The third-order valence-corrected chi connectivity index (χ3v) is 2.04. The summed E-state index contributed by atoms with van der Waals surface area (Å²) < 4.78 is 22.4. The van der Waals surface area contributed by atoms with Crippen molar-refractivity contribution in [2.24, 2.45) is 0 Å². The van der Waals surface area contributed by atoms with Crippen molar-refractivity contribution in [1.82, 2.24) is 0 Å². The molecule has 0 atom stereocenters. The molecular weight excluding hydrogens is 227 g/mol. The summed E-state index contributed by atoms with van der Waals surface area (Å²) in [5.41, 5.74) is -0.100. The Kier molecular flexibility index (Phi) is 4.63. The fraction of sp³-hybridized carbons (Fsp3) is 0.333. The molecule has 0 aliphatic heterocycles. The van der Waals surface area contributed by atoms with Gasteiger partial charge >= 0.3 is 11.9 Å². The number of rotatable bonds is 4. The lowest BCUT2D eigenvalue weighted by atomic mass is 10.2. The van der Waals surface area contributed by atoms with Gasteiger partial charge in [-0.25, -0.2) is 9.18 Å². The second kappa shape index (κ2) is 5.98. The highest BCUT2D eigenvalue weighted by Gasteiger charge is 2.17. The molecule has 0 amide bonds. The van der Waals surface area contributed by atoms with E-state index in [9.17, 15) is 14.0 Å². The smallest absolute Gasteiger partial charge is 0.349 e. The van der Waals surface area contributed by atoms with Crippen molar-refractivity contribution in [3.63, 3.8) is 0 Å². The summed E-state index contributed by atoms with van der Waals surface area (Å²) in [6.45, 7) is 1.79. The molecule has 0 saturated heterocycles. The molecule has 0 unspecified atom stereocenters. The topological polar surface area (TPSA) is 52.6 Å². The van der Waals surface area contributed by atoms with Crippen molar-refractivity contribution >= 4 is 11.9 Å². The zero-order valence-electron chi connectivity index (χ0n) is 9.66. The molecule has 1 aromatic rings. The van der Waals surface area contributed by atoms with Gasteiger partial charge in [-0.1, -0.05) is 6.92 Å². The van der Waals surface area contributed by atoms with Crippen LogP contribution in [0.2, 0.25) is 0 Å². The van der Waals surface area contributed by atoms with E-state index in [4.69, 9.17) is 4.74 Å². The normalized spacial score (nSPS) is 9.82. The van der Waals surface area contributed by atoms with E-state index in [1.54, 1.807) is 6.92 Å². The van der Waals surface area contributed by atoms with Gasteiger partial charge in [-0.2, -0.15) is 0 Å². The van der Waals surface area contributed by atoms with Crippen molar-refractivity contribution in [3.8, 4) is 5.75 Å². The Morgan fingerprint density at radius 2 is 2.06 bits per heavy atom. The van der Waals surface area contributed by atoms with E-state index in [0.717, 1.165) is 12.1 Å². The molecule has 4 nitrogen and oxygen atoms in total. The molecule has 0 saturated carbocycles. The minimum absolute atomic E-state index is 0.100. The maximum atomic E-state index is 13.0. The highest BCUT2D eigenvalue weighted by Crippen LogP contribution is 2.20. The van der Waals surface area contributed by atoms with E-state index in [2.05, 4.69) is 4.74 Å². The average Bonchev–Trinajstić information content (AvgIpc) is 2.29. The lowest BCUT2D eigenvalue weighted by Crippen LogP contribution is -2.13. The van der Waals surface area contributed by atoms with Gasteiger partial charge in [0.05, 0.1) is 7.11 Å². The summed E-state index contributed by atoms with van der Waals surface area (Å²) in [6, 6.07) is 3.43. The van der Waals surface area contributed by atoms with Gasteiger partial charge in [0.25, 0.3) is 0 Å². The van der Waals surface area contributed by atoms with E-state index in [-0.39, 0.29) is 17.7 Å². The van der Waals surface area contributed by atoms with E-state index in [0.29, 0.717) is 6.42 Å². The molecule has 92 valence electrons. The third-order valence-electron chi connectivity index (χ3n) is 2.04. The Bertz CT molecular complexity index is 429. The molecular formula is C12H13FO4. The quantitative estimate of drug-likeness (QED) is 0.598. The molecule has 0 heterocycles. The predicted molar refractivity (Wildman–Crippen MR) is 58.3 cm³/mol. The number of benzene rings is 1. The molecule has 0 aliphatic rings.